The van der Waals surface area contributed by atoms with Crippen LogP contribution in [0.5, 0.6) is 0 Å². The molecule has 0 aliphatic carbocycles. The summed E-state index contributed by atoms with van der Waals surface area (Å²) >= 11 is 0. The Morgan fingerprint density at radius 2 is 2.44 bits per heavy atom. The van der Waals surface area contributed by atoms with E-state index in [-0.39, 0.29) is 0 Å². The van der Waals surface area contributed by atoms with Crippen LogP contribution in [0, 0.1) is 0 Å². The van der Waals surface area contributed by atoms with E-state index in [0.717, 1.165) is 19.6 Å². The smallest absolute Gasteiger partial charge is 0.326 e. The largest absolute Gasteiger partial charge is 0.450 e. The van der Waals surface area contributed by atoms with Crippen LogP contribution in [-0.4, -0.2) is 12.5 Å². The molecule has 1 radical (unpaired) electrons. The van der Waals surface area contributed by atoms with Gasteiger partial charge in [0, 0.05) is 5.70 Å². The number of nitrogens with two attached hydrogens (primary N) is 1. The number of hydrogen-bond donors (Lipinski definition) is 2. The molecule has 0 unspecified atom stereocenters. The van der Waals surface area contributed by atoms with E-state index in [0.29, 0.717) is 5.47 Å². The predicted octanol–water partition coefficient (Wildman–Crippen LogP) is 0.364. The SMILES string of the molecule is C=C([B]O)/C=C(/N)CC. The highest BCUT2D eigenvalue weighted by Gasteiger charge is 1.89. The average Bonchev–Trinajstić information content (AvgIpc) is 1.87. The second-order valence-electron chi connectivity index (χ2n) is 1.78. The molecule has 0 aliphatic rings. The monoisotopic (exact) mass is 124 g/mol. The molecule has 0 heterocycles. The maximum Gasteiger partial charge on any atom is 0.326 e. The maximum atomic E-state index is 8.35. The van der Waals surface area contributed by atoms with E-state index in [1.807, 2.05) is 6.92 Å². The van der Waals surface area contributed by atoms with Crippen molar-refractivity contribution in [1.82, 2.24) is 0 Å². The molecule has 0 spiro atoms. The van der Waals surface area contributed by atoms with E-state index in [1.165, 1.54) is 0 Å². The highest BCUT2D eigenvalue weighted by atomic mass is 16.2. The standard InChI is InChI=1S/C6H11BNO/c1-3-6(8)4-5(2)7-9/h4,9H,2-3,8H2,1H3/b6-4+. The molecule has 3 heteroatoms. The van der Waals surface area contributed by atoms with Crippen molar-refractivity contribution in [2.24, 2.45) is 5.73 Å². The van der Waals surface area contributed by atoms with Crippen LogP contribution in [-0.2, 0) is 0 Å². The first kappa shape index (κ1) is 8.30. The Kier molecular flexibility index (Phi) is 3.89. The summed E-state index contributed by atoms with van der Waals surface area (Å²) in [6, 6.07) is 0. The van der Waals surface area contributed by atoms with E-state index in [9.17, 15) is 0 Å². The molecule has 0 saturated heterocycles. The molecule has 0 amide bonds. The Morgan fingerprint density at radius 3 is 2.78 bits per heavy atom. The first-order valence-electron chi connectivity index (χ1n) is 2.83. The van der Waals surface area contributed by atoms with Gasteiger partial charge >= 0.3 is 7.48 Å². The van der Waals surface area contributed by atoms with Gasteiger partial charge in [0.05, 0.1) is 0 Å². The predicted molar refractivity (Wildman–Crippen MR) is 39.7 cm³/mol. The van der Waals surface area contributed by atoms with Gasteiger partial charge in [-0.3, -0.25) is 0 Å². The maximum absolute atomic E-state index is 8.35. The molecule has 49 valence electrons. The van der Waals surface area contributed by atoms with Gasteiger partial charge in [0.25, 0.3) is 0 Å². The van der Waals surface area contributed by atoms with Crippen molar-refractivity contribution in [3.63, 3.8) is 0 Å². The van der Waals surface area contributed by atoms with E-state index >= 15 is 0 Å². The van der Waals surface area contributed by atoms with Crippen LogP contribution in [0.3, 0.4) is 0 Å². The molecule has 3 N–H and O–H groups in total. The van der Waals surface area contributed by atoms with Crippen LogP contribution < -0.4 is 5.73 Å². The van der Waals surface area contributed by atoms with Gasteiger partial charge in [0.1, 0.15) is 0 Å². The summed E-state index contributed by atoms with van der Waals surface area (Å²) in [5, 5.41) is 8.35. The molecule has 9 heavy (non-hydrogen) atoms. The van der Waals surface area contributed by atoms with Gasteiger partial charge in [-0.2, -0.15) is 0 Å². The van der Waals surface area contributed by atoms with Crippen molar-refractivity contribution in [2.75, 3.05) is 0 Å². The Hall–Kier alpha value is -0.695. The fourth-order valence-electron chi connectivity index (χ4n) is 0.377. The highest BCUT2D eigenvalue weighted by Crippen LogP contribution is 1.95. The molecule has 0 saturated carbocycles. The number of hydrogen-bond acceptors (Lipinski definition) is 2. The minimum absolute atomic E-state index is 0.536. The first-order valence-corrected chi connectivity index (χ1v) is 2.83. The van der Waals surface area contributed by atoms with Crippen LogP contribution in [0.1, 0.15) is 13.3 Å². The summed E-state index contributed by atoms with van der Waals surface area (Å²) in [4.78, 5) is 0. The van der Waals surface area contributed by atoms with Gasteiger partial charge in [-0.05, 0) is 12.5 Å². The zero-order valence-corrected chi connectivity index (χ0v) is 5.59. The topological polar surface area (TPSA) is 46.2 Å². The molecule has 0 fully saturated rings. The van der Waals surface area contributed by atoms with Crippen LogP contribution in [0.4, 0.5) is 0 Å². The molecule has 0 rings (SSSR count). The van der Waals surface area contributed by atoms with Crippen molar-refractivity contribution < 1.29 is 5.02 Å². The fourth-order valence-corrected chi connectivity index (χ4v) is 0.377. The summed E-state index contributed by atoms with van der Waals surface area (Å²) in [6.45, 7) is 5.44. The van der Waals surface area contributed by atoms with Gasteiger partial charge in [-0.1, -0.05) is 12.4 Å². The Bertz CT molecular complexity index is 131. The van der Waals surface area contributed by atoms with Gasteiger partial charge in [-0.25, -0.2) is 0 Å². The van der Waals surface area contributed by atoms with Crippen molar-refractivity contribution in [1.29, 1.82) is 0 Å². The number of allylic oxidation sites excluding steroid dienone is 3. The van der Waals surface area contributed by atoms with Crippen LogP contribution >= 0.6 is 0 Å². The van der Waals surface area contributed by atoms with E-state index in [1.54, 1.807) is 6.08 Å². The fraction of sp³-hybridized carbons (Fsp3) is 0.333. The molecular weight excluding hydrogens is 113 g/mol. The van der Waals surface area contributed by atoms with Crippen molar-refractivity contribution >= 4 is 7.48 Å². The summed E-state index contributed by atoms with van der Waals surface area (Å²) in [5.74, 6) is 0. The summed E-state index contributed by atoms with van der Waals surface area (Å²) in [6.07, 6.45) is 2.42. The Labute approximate surface area is 56.3 Å². The second kappa shape index (κ2) is 4.21. The second-order valence-corrected chi connectivity index (χ2v) is 1.78. The molecule has 0 atom stereocenters. The Morgan fingerprint density at radius 1 is 1.89 bits per heavy atom. The first-order chi connectivity index (χ1) is 4.20. The molecular formula is C6H11BNO. The lowest BCUT2D eigenvalue weighted by atomic mass is 9.89. The van der Waals surface area contributed by atoms with E-state index in [4.69, 9.17) is 10.8 Å². The highest BCUT2D eigenvalue weighted by molar-refractivity contribution is 6.37. The molecule has 0 aromatic carbocycles. The summed E-state index contributed by atoms with van der Waals surface area (Å²) in [7, 11) is 0.933. The Balaban J connectivity index is 3.79. The lowest BCUT2D eigenvalue weighted by Gasteiger charge is -1.94. The lowest BCUT2D eigenvalue weighted by Crippen LogP contribution is -1.98. The normalized spacial score (nSPS) is 11.1. The molecule has 0 aromatic rings. The van der Waals surface area contributed by atoms with Gasteiger partial charge < -0.3 is 10.8 Å². The van der Waals surface area contributed by atoms with Crippen molar-refractivity contribution in [2.45, 2.75) is 13.3 Å². The zero-order valence-electron chi connectivity index (χ0n) is 5.59. The van der Waals surface area contributed by atoms with Crippen LogP contribution in [0.15, 0.2) is 23.8 Å². The zero-order chi connectivity index (χ0) is 7.28. The van der Waals surface area contributed by atoms with E-state index < -0.39 is 0 Å². The minimum Gasteiger partial charge on any atom is -0.450 e. The summed E-state index contributed by atoms with van der Waals surface area (Å²) < 4.78 is 0. The molecule has 2 nitrogen and oxygen atoms in total. The molecule has 0 bridgehead atoms. The van der Waals surface area contributed by atoms with Gasteiger partial charge in [0.2, 0.25) is 0 Å². The third-order valence-electron chi connectivity index (χ3n) is 0.945. The van der Waals surface area contributed by atoms with Gasteiger partial charge in [0.15, 0.2) is 0 Å². The summed E-state index contributed by atoms with van der Waals surface area (Å²) in [5.41, 5.74) is 6.68. The van der Waals surface area contributed by atoms with E-state index in [2.05, 4.69) is 6.58 Å². The van der Waals surface area contributed by atoms with Crippen LogP contribution in [0.25, 0.3) is 0 Å². The van der Waals surface area contributed by atoms with Crippen molar-refractivity contribution in [3.8, 4) is 0 Å². The lowest BCUT2D eigenvalue weighted by molar-refractivity contribution is 0.612. The van der Waals surface area contributed by atoms with Crippen molar-refractivity contribution in [3.05, 3.63) is 23.8 Å². The minimum atomic E-state index is 0.536. The van der Waals surface area contributed by atoms with Gasteiger partial charge in [-0.15, -0.1) is 6.58 Å². The third kappa shape index (κ3) is 3.85. The third-order valence-corrected chi connectivity index (χ3v) is 0.945. The quantitative estimate of drug-likeness (QED) is 0.421. The average molecular weight is 124 g/mol. The molecule has 0 aromatic heterocycles. The number of rotatable bonds is 3. The van der Waals surface area contributed by atoms with Crippen LogP contribution in [0.2, 0.25) is 0 Å². The molecule has 0 aliphatic heterocycles.